The zero-order valence-electron chi connectivity index (χ0n) is 11.4. The van der Waals surface area contributed by atoms with E-state index in [0.717, 1.165) is 35.4 Å². The summed E-state index contributed by atoms with van der Waals surface area (Å²) in [5.41, 5.74) is 8.37. The van der Waals surface area contributed by atoms with Crippen LogP contribution < -0.4 is 10.7 Å². The number of carbonyl (C=O) groups excluding carboxylic acids is 1. The standard InChI is InChI=1S/C17H15N3O/c21-10-15-12-7-4-8-14-16(12)17(20-19-15)13(9-18-14)11-5-2-1-3-6-11/h1-8,10,13,15,18-19H,9H2. The monoisotopic (exact) mass is 277 g/mol. The van der Waals surface area contributed by atoms with E-state index in [1.807, 2.05) is 36.4 Å². The van der Waals surface area contributed by atoms with Crippen LogP contribution in [0.5, 0.6) is 0 Å². The Balaban J connectivity index is 1.86. The third kappa shape index (κ3) is 1.83. The predicted molar refractivity (Wildman–Crippen MR) is 82.6 cm³/mol. The van der Waals surface area contributed by atoms with Crippen LogP contribution >= 0.6 is 0 Å². The molecule has 2 aliphatic rings. The molecule has 2 aromatic rings. The molecule has 0 saturated heterocycles. The van der Waals surface area contributed by atoms with Gasteiger partial charge in [-0.05, 0) is 17.2 Å². The topological polar surface area (TPSA) is 53.5 Å². The van der Waals surface area contributed by atoms with Crippen molar-refractivity contribution in [3.05, 3.63) is 65.2 Å². The Bertz CT molecular complexity index is 724. The van der Waals surface area contributed by atoms with Gasteiger partial charge in [0.15, 0.2) is 0 Å². The number of hydrogen-bond acceptors (Lipinski definition) is 4. The van der Waals surface area contributed by atoms with Gasteiger partial charge in [-0.2, -0.15) is 5.10 Å². The van der Waals surface area contributed by atoms with Crippen LogP contribution in [0, 0.1) is 0 Å². The summed E-state index contributed by atoms with van der Waals surface area (Å²) >= 11 is 0. The molecular weight excluding hydrogens is 262 g/mol. The second-order valence-electron chi connectivity index (χ2n) is 5.35. The fraction of sp³-hybridized carbons (Fsp3) is 0.176. The number of nitrogens with one attached hydrogen (secondary N) is 2. The van der Waals surface area contributed by atoms with E-state index in [2.05, 4.69) is 28.0 Å². The van der Waals surface area contributed by atoms with Crippen molar-refractivity contribution in [1.82, 2.24) is 5.43 Å². The Morgan fingerprint density at radius 3 is 2.76 bits per heavy atom. The van der Waals surface area contributed by atoms with Gasteiger partial charge in [0.25, 0.3) is 0 Å². The van der Waals surface area contributed by atoms with E-state index in [4.69, 9.17) is 0 Å². The molecule has 2 N–H and O–H groups in total. The van der Waals surface area contributed by atoms with E-state index in [9.17, 15) is 4.79 Å². The van der Waals surface area contributed by atoms with Crippen molar-refractivity contribution in [1.29, 1.82) is 0 Å². The molecule has 4 rings (SSSR count). The van der Waals surface area contributed by atoms with Gasteiger partial charge in [-0.3, -0.25) is 5.43 Å². The molecule has 4 heteroatoms. The summed E-state index contributed by atoms with van der Waals surface area (Å²) in [6.45, 7) is 0.812. The van der Waals surface area contributed by atoms with Gasteiger partial charge in [-0.15, -0.1) is 0 Å². The minimum Gasteiger partial charge on any atom is -0.383 e. The van der Waals surface area contributed by atoms with Gasteiger partial charge in [0.2, 0.25) is 0 Å². The number of anilines is 1. The number of hydrazone groups is 1. The molecule has 0 radical (unpaired) electrons. The van der Waals surface area contributed by atoms with E-state index >= 15 is 0 Å². The first kappa shape index (κ1) is 12.1. The fourth-order valence-corrected chi connectivity index (χ4v) is 3.15. The number of nitrogens with zero attached hydrogens (tertiary/aromatic N) is 1. The molecule has 0 aromatic heterocycles. The summed E-state index contributed by atoms with van der Waals surface area (Å²) in [6, 6.07) is 16.0. The van der Waals surface area contributed by atoms with Crippen molar-refractivity contribution in [2.24, 2.45) is 5.10 Å². The second kappa shape index (κ2) is 4.74. The number of rotatable bonds is 2. The fourth-order valence-electron chi connectivity index (χ4n) is 3.15. The van der Waals surface area contributed by atoms with Crippen LogP contribution in [-0.4, -0.2) is 18.5 Å². The first-order valence-corrected chi connectivity index (χ1v) is 7.09. The van der Waals surface area contributed by atoms with Crippen molar-refractivity contribution in [2.45, 2.75) is 12.0 Å². The quantitative estimate of drug-likeness (QED) is 0.829. The molecule has 2 heterocycles. The highest BCUT2D eigenvalue weighted by Crippen LogP contribution is 2.37. The van der Waals surface area contributed by atoms with Crippen LogP contribution in [0.2, 0.25) is 0 Å². The molecule has 0 amide bonds. The highest BCUT2D eigenvalue weighted by Gasteiger charge is 2.33. The van der Waals surface area contributed by atoms with Crippen molar-refractivity contribution >= 4 is 17.7 Å². The van der Waals surface area contributed by atoms with Crippen molar-refractivity contribution in [3.8, 4) is 0 Å². The average molecular weight is 277 g/mol. The van der Waals surface area contributed by atoms with Crippen LogP contribution in [0.25, 0.3) is 0 Å². The van der Waals surface area contributed by atoms with E-state index in [1.54, 1.807) is 0 Å². The molecule has 0 spiro atoms. The van der Waals surface area contributed by atoms with Crippen LogP contribution in [-0.2, 0) is 4.79 Å². The first-order chi connectivity index (χ1) is 10.4. The lowest BCUT2D eigenvalue weighted by Crippen LogP contribution is -2.36. The summed E-state index contributed by atoms with van der Waals surface area (Å²) < 4.78 is 0. The summed E-state index contributed by atoms with van der Waals surface area (Å²) in [5.74, 6) is 0.194. The minimum atomic E-state index is -0.361. The third-order valence-electron chi connectivity index (χ3n) is 4.18. The van der Waals surface area contributed by atoms with Gasteiger partial charge in [0, 0.05) is 23.7 Å². The maximum Gasteiger partial charge on any atom is 0.148 e. The molecule has 0 aliphatic carbocycles. The molecule has 0 saturated carbocycles. The average Bonchev–Trinajstić information content (AvgIpc) is 2.56. The van der Waals surface area contributed by atoms with Crippen molar-refractivity contribution in [3.63, 3.8) is 0 Å². The Morgan fingerprint density at radius 2 is 1.95 bits per heavy atom. The summed E-state index contributed by atoms with van der Waals surface area (Å²) in [7, 11) is 0. The Kier molecular flexibility index (Phi) is 2.74. The maximum absolute atomic E-state index is 11.2. The largest absolute Gasteiger partial charge is 0.383 e. The van der Waals surface area contributed by atoms with Gasteiger partial charge in [0.05, 0.1) is 5.71 Å². The van der Waals surface area contributed by atoms with E-state index in [0.29, 0.717) is 0 Å². The molecule has 2 aliphatic heterocycles. The van der Waals surface area contributed by atoms with E-state index < -0.39 is 0 Å². The molecule has 0 bridgehead atoms. The number of aldehydes is 1. The zero-order valence-corrected chi connectivity index (χ0v) is 11.4. The normalized spacial score (nSPS) is 22.4. The third-order valence-corrected chi connectivity index (χ3v) is 4.18. The van der Waals surface area contributed by atoms with Crippen LogP contribution in [0.15, 0.2) is 53.6 Å². The van der Waals surface area contributed by atoms with Gasteiger partial charge < -0.3 is 10.1 Å². The lowest BCUT2D eigenvalue weighted by atomic mass is 9.82. The Labute approximate surface area is 122 Å². The predicted octanol–water partition coefficient (Wildman–Crippen LogP) is 2.44. The lowest BCUT2D eigenvalue weighted by Gasteiger charge is -2.34. The molecule has 2 atom stereocenters. The van der Waals surface area contributed by atoms with Gasteiger partial charge in [-0.1, -0.05) is 42.5 Å². The highest BCUT2D eigenvalue weighted by atomic mass is 16.1. The van der Waals surface area contributed by atoms with Crippen LogP contribution in [0.3, 0.4) is 0 Å². The number of benzene rings is 2. The highest BCUT2D eigenvalue weighted by molar-refractivity contribution is 6.13. The summed E-state index contributed by atoms with van der Waals surface area (Å²) in [6.07, 6.45) is 0.905. The summed E-state index contributed by atoms with van der Waals surface area (Å²) in [4.78, 5) is 11.2. The Hall–Kier alpha value is -2.62. The first-order valence-electron chi connectivity index (χ1n) is 7.09. The van der Waals surface area contributed by atoms with Crippen LogP contribution in [0.4, 0.5) is 5.69 Å². The van der Waals surface area contributed by atoms with Crippen LogP contribution in [0.1, 0.15) is 28.7 Å². The maximum atomic E-state index is 11.2. The summed E-state index contributed by atoms with van der Waals surface area (Å²) in [5, 5.41) is 7.98. The molecule has 104 valence electrons. The van der Waals surface area contributed by atoms with Gasteiger partial charge >= 0.3 is 0 Å². The van der Waals surface area contributed by atoms with Crippen molar-refractivity contribution in [2.75, 3.05) is 11.9 Å². The number of carbonyl (C=O) groups is 1. The molecule has 2 unspecified atom stereocenters. The van der Waals surface area contributed by atoms with Crippen molar-refractivity contribution < 1.29 is 4.79 Å². The van der Waals surface area contributed by atoms with Gasteiger partial charge in [0.1, 0.15) is 12.3 Å². The SMILES string of the molecule is O=CC1NN=C2c3c(cccc31)NCC2c1ccccc1. The second-order valence-corrected chi connectivity index (χ2v) is 5.35. The molecule has 21 heavy (non-hydrogen) atoms. The molecule has 4 nitrogen and oxygen atoms in total. The van der Waals surface area contributed by atoms with E-state index in [1.165, 1.54) is 5.56 Å². The molecule has 0 fully saturated rings. The Morgan fingerprint density at radius 1 is 1.10 bits per heavy atom. The lowest BCUT2D eigenvalue weighted by molar-refractivity contribution is -0.109. The molecule has 2 aromatic carbocycles. The number of hydrogen-bond donors (Lipinski definition) is 2. The van der Waals surface area contributed by atoms with Gasteiger partial charge in [-0.25, -0.2) is 0 Å². The van der Waals surface area contributed by atoms with E-state index in [-0.39, 0.29) is 12.0 Å². The smallest absolute Gasteiger partial charge is 0.148 e. The zero-order chi connectivity index (χ0) is 14.2. The minimum absolute atomic E-state index is 0.194. The molecular formula is C17H15N3O.